The van der Waals surface area contributed by atoms with Crippen molar-refractivity contribution in [3.63, 3.8) is 0 Å². The molecule has 0 spiro atoms. The van der Waals surface area contributed by atoms with Gasteiger partial charge in [-0.1, -0.05) is 11.6 Å². The summed E-state index contributed by atoms with van der Waals surface area (Å²) in [5.41, 5.74) is 3.05. The number of halogens is 1. The molecule has 1 aromatic rings. The summed E-state index contributed by atoms with van der Waals surface area (Å²) in [5, 5.41) is 13.1. The van der Waals surface area contributed by atoms with Crippen LogP contribution in [0.3, 0.4) is 0 Å². The number of aromatic nitrogens is 2. The molecule has 5 nitrogen and oxygen atoms in total. The van der Waals surface area contributed by atoms with Crippen LogP contribution in [0.5, 0.6) is 0 Å². The highest BCUT2D eigenvalue weighted by Crippen LogP contribution is 2.14. The van der Waals surface area contributed by atoms with E-state index in [0.717, 1.165) is 11.4 Å². The van der Waals surface area contributed by atoms with Crippen LogP contribution in [0.15, 0.2) is 11.6 Å². The van der Waals surface area contributed by atoms with Crippen molar-refractivity contribution in [3.8, 4) is 0 Å². The van der Waals surface area contributed by atoms with Gasteiger partial charge in [0, 0.05) is 12.1 Å². The summed E-state index contributed by atoms with van der Waals surface area (Å²) in [7, 11) is 0. The Hall–Kier alpha value is -1.49. The van der Waals surface area contributed by atoms with Gasteiger partial charge in [0.25, 0.3) is 0 Å². The molecule has 0 aliphatic carbocycles. The summed E-state index contributed by atoms with van der Waals surface area (Å²) >= 11 is 5.44. The third-order valence-corrected chi connectivity index (χ3v) is 2.45. The Morgan fingerprint density at radius 2 is 2.40 bits per heavy atom. The SMILES string of the molecule is O=C(O)N1CCn2nc(C=CCl)cc2C1. The predicted molar refractivity (Wildman–Crippen MR) is 55.5 cm³/mol. The molecular weight excluding hydrogens is 218 g/mol. The molecule has 1 aliphatic heterocycles. The smallest absolute Gasteiger partial charge is 0.407 e. The van der Waals surface area contributed by atoms with Gasteiger partial charge in [0.1, 0.15) is 0 Å². The quantitative estimate of drug-likeness (QED) is 0.793. The van der Waals surface area contributed by atoms with Crippen molar-refractivity contribution < 1.29 is 9.90 Å². The zero-order valence-electron chi connectivity index (χ0n) is 7.93. The zero-order valence-corrected chi connectivity index (χ0v) is 8.68. The molecule has 0 aromatic carbocycles. The van der Waals surface area contributed by atoms with E-state index in [-0.39, 0.29) is 0 Å². The molecule has 0 saturated heterocycles. The summed E-state index contributed by atoms with van der Waals surface area (Å²) in [4.78, 5) is 12.1. The van der Waals surface area contributed by atoms with Gasteiger partial charge in [-0.15, -0.1) is 0 Å². The molecule has 2 rings (SSSR count). The number of hydrogen-bond acceptors (Lipinski definition) is 2. The number of rotatable bonds is 1. The lowest BCUT2D eigenvalue weighted by atomic mass is 10.3. The molecule has 1 aliphatic rings. The van der Waals surface area contributed by atoms with Crippen LogP contribution >= 0.6 is 11.6 Å². The van der Waals surface area contributed by atoms with E-state index < -0.39 is 6.09 Å². The molecule has 80 valence electrons. The van der Waals surface area contributed by atoms with Crippen LogP contribution in [0.2, 0.25) is 0 Å². The molecule has 2 heterocycles. The lowest BCUT2D eigenvalue weighted by Gasteiger charge is -2.24. The molecular formula is C9H10ClN3O2. The van der Waals surface area contributed by atoms with Crippen molar-refractivity contribution >= 4 is 23.8 Å². The van der Waals surface area contributed by atoms with Gasteiger partial charge in [0.2, 0.25) is 0 Å². The van der Waals surface area contributed by atoms with Gasteiger partial charge in [-0.05, 0) is 12.1 Å². The molecule has 0 saturated carbocycles. The largest absolute Gasteiger partial charge is 0.465 e. The van der Waals surface area contributed by atoms with Crippen LogP contribution in [0, 0.1) is 0 Å². The number of carbonyl (C=O) groups is 1. The van der Waals surface area contributed by atoms with E-state index in [1.165, 1.54) is 10.4 Å². The fourth-order valence-corrected chi connectivity index (χ4v) is 1.73. The topological polar surface area (TPSA) is 58.4 Å². The third kappa shape index (κ3) is 1.97. The van der Waals surface area contributed by atoms with Gasteiger partial charge >= 0.3 is 6.09 Å². The van der Waals surface area contributed by atoms with E-state index in [1.54, 1.807) is 6.08 Å². The molecule has 6 heteroatoms. The monoisotopic (exact) mass is 227 g/mol. The second-order valence-corrected chi connectivity index (χ2v) is 3.53. The Balaban J connectivity index is 2.22. The van der Waals surface area contributed by atoms with Gasteiger partial charge < -0.3 is 10.0 Å². The Kier molecular flexibility index (Phi) is 2.64. The first-order valence-electron chi connectivity index (χ1n) is 4.52. The van der Waals surface area contributed by atoms with Crippen molar-refractivity contribution in [2.45, 2.75) is 13.1 Å². The number of hydrogen-bond donors (Lipinski definition) is 1. The summed E-state index contributed by atoms with van der Waals surface area (Å²) in [6.07, 6.45) is 0.787. The molecule has 0 unspecified atom stereocenters. The highest BCUT2D eigenvalue weighted by molar-refractivity contribution is 6.27. The van der Waals surface area contributed by atoms with Crippen LogP contribution in [-0.4, -0.2) is 32.4 Å². The fraction of sp³-hybridized carbons (Fsp3) is 0.333. The van der Waals surface area contributed by atoms with E-state index in [4.69, 9.17) is 16.7 Å². The van der Waals surface area contributed by atoms with Crippen LogP contribution in [0.1, 0.15) is 11.4 Å². The summed E-state index contributed by atoms with van der Waals surface area (Å²) in [6.45, 7) is 1.46. The van der Waals surface area contributed by atoms with E-state index in [9.17, 15) is 4.79 Å². The Morgan fingerprint density at radius 1 is 1.60 bits per heavy atom. The van der Waals surface area contributed by atoms with Crippen LogP contribution in [-0.2, 0) is 13.1 Å². The number of nitrogens with zero attached hydrogens (tertiary/aromatic N) is 3. The number of carboxylic acid groups (broad SMARTS) is 1. The second kappa shape index (κ2) is 3.94. The van der Waals surface area contributed by atoms with E-state index >= 15 is 0 Å². The first-order valence-corrected chi connectivity index (χ1v) is 4.95. The first kappa shape index (κ1) is 10.0. The second-order valence-electron chi connectivity index (χ2n) is 3.28. The van der Waals surface area contributed by atoms with Crippen molar-refractivity contribution in [1.29, 1.82) is 0 Å². The lowest BCUT2D eigenvalue weighted by Crippen LogP contribution is -2.37. The maximum absolute atomic E-state index is 10.8. The minimum Gasteiger partial charge on any atom is -0.465 e. The summed E-state index contributed by atoms with van der Waals surface area (Å²) in [6, 6.07) is 1.84. The van der Waals surface area contributed by atoms with Gasteiger partial charge in [0.05, 0.1) is 24.5 Å². The maximum atomic E-state index is 10.8. The zero-order chi connectivity index (χ0) is 10.8. The molecule has 0 bridgehead atoms. The normalized spacial score (nSPS) is 15.7. The van der Waals surface area contributed by atoms with Crippen LogP contribution in [0.4, 0.5) is 4.79 Å². The predicted octanol–water partition coefficient (Wildman–Crippen LogP) is 1.59. The highest BCUT2D eigenvalue weighted by atomic mass is 35.5. The van der Waals surface area contributed by atoms with Crippen molar-refractivity contribution in [3.05, 3.63) is 23.0 Å². The summed E-state index contributed by atoms with van der Waals surface area (Å²) in [5.74, 6) is 0. The van der Waals surface area contributed by atoms with Gasteiger partial charge in [-0.2, -0.15) is 5.10 Å². The Labute approximate surface area is 91.6 Å². The average Bonchev–Trinajstić information content (AvgIpc) is 2.59. The van der Waals surface area contributed by atoms with Crippen molar-refractivity contribution in [1.82, 2.24) is 14.7 Å². The lowest BCUT2D eigenvalue weighted by molar-refractivity contribution is 0.131. The molecule has 15 heavy (non-hydrogen) atoms. The Morgan fingerprint density at radius 3 is 3.07 bits per heavy atom. The third-order valence-electron chi connectivity index (χ3n) is 2.32. The Bertz CT molecular complexity index is 413. The standard InChI is InChI=1S/C9H10ClN3O2/c10-2-1-7-5-8-6-12(9(14)15)3-4-13(8)11-7/h1-2,5H,3-4,6H2,(H,14,15). The highest BCUT2D eigenvalue weighted by Gasteiger charge is 2.20. The van der Waals surface area contributed by atoms with E-state index in [1.807, 2.05) is 10.7 Å². The molecule has 1 amide bonds. The van der Waals surface area contributed by atoms with Gasteiger partial charge in [-0.25, -0.2) is 4.79 Å². The van der Waals surface area contributed by atoms with Gasteiger partial charge in [-0.3, -0.25) is 4.68 Å². The average molecular weight is 228 g/mol. The van der Waals surface area contributed by atoms with Crippen molar-refractivity contribution in [2.24, 2.45) is 0 Å². The minimum absolute atomic E-state index is 0.387. The minimum atomic E-state index is -0.892. The van der Waals surface area contributed by atoms with Crippen molar-refractivity contribution in [2.75, 3.05) is 6.54 Å². The van der Waals surface area contributed by atoms with E-state index in [0.29, 0.717) is 19.6 Å². The first-order chi connectivity index (χ1) is 7.20. The molecule has 1 N–H and O–H groups in total. The van der Waals surface area contributed by atoms with Crippen LogP contribution in [0.25, 0.3) is 6.08 Å². The fourth-order valence-electron chi connectivity index (χ4n) is 1.60. The number of fused-ring (bicyclic) bond motifs is 1. The number of amides is 1. The summed E-state index contributed by atoms with van der Waals surface area (Å²) < 4.78 is 1.81. The molecule has 0 radical (unpaired) electrons. The van der Waals surface area contributed by atoms with Gasteiger partial charge in [0.15, 0.2) is 0 Å². The van der Waals surface area contributed by atoms with E-state index in [2.05, 4.69) is 5.10 Å². The van der Waals surface area contributed by atoms with Crippen LogP contribution < -0.4 is 0 Å². The molecule has 1 aromatic heterocycles. The molecule has 0 atom stereocenters. The maximum Gasteiger partial charge on any atom is 0.407 e. The molecule has 0 fully saturated rings.